The highest BCUT2D eigenvalue weighted by atomic mass is 35.5. The average Bonchev–Trinajstić information content (AvgIpc) is 2.84. The number of likely N-dealkylation sites (tertiary alicyclic amines) is 1. The molecule has 1 heterocycles. The Balaban J connectivity index is 1.83. The van der Waals surface area contributed by atoms with Crippen LogP contribution < -0.4 is 0 Å². The van der Waals surface area contributed by atoms with E-state index in [1.54, 1.807) is 12.1 Å². The van der Waals surface area contributed by atoms with Crippen LogP contribution in [-0.2, 0) is 0 Å². The molecule has 1 fully saturated rings. The Labute approximate surface area is 127 Å². The first-order chi connectivity index (χ1) is 9.36. The van der Waals surface area contributed by atoms with Gasteiger partial charge in [0.2, 0.25) is 0 Å². The molecule has 1 aliphatic heterocycles. The summed E-state index contributed by atoms with van der Waals surface area (Å²) in [4.78, 5) is 14.6. The molecule has 20 heavy (non-hydrogen) atoms. The molecule has 0 N–H and O–H groups in total. The number of halogens is 1. The van der Waals surface area contributed by atoms with Crippen LogP contribution in [0.1, 0.15) is 44.0 Å². The molecule has 2 nitrogen and oxygen atoms in total. The van der Waals surface area contributed by atoms with Gasteiger partial charge in [0, 0.05) is 30.1 Å². The van der Waals surface area contributed by atoms with Gasteiger partial charge in [0.15, 0.2) is 5.78 Å². The molecule has 1 aromatic carbocycles. The number of Topliss-reactive ketones (excluding diaryl/α,β-unsaturated/α-hetero) is 1. The normalized spacial score (nSPS) is 20.3. The molecule has 110 valence electrons. The Kier molecular flexibility index (Phi) is 4.87. The van der Waals surface area contributed by atoms with Crippen molar-refractivity contribution in [3.63, 3.8) is 0 Å². The van der Waals surface area contributed by atoms with Gasteiger partial charge in [-0.25, -0.2) is 0 Å². The minimum Gasteiger partial charge on any atom is -0.303 e. The fourth-order valence-corrected chi connectivity index (χ4v) is 3.00. The molecule has 0 bridgehead atoms. The van der Waals surface area contributed by atoms with Crippen LogP contribution in [0.4, 0.5) is 0 Å². The van der Waals surface area contributed by atoms with Crippen LogP contribution in [0.15, 0.2) is 24.3 Å². The van der Waals surface area contributed by atoms with Crippen LogP contribution in [0.25, 0.3) is 0 Å². The van der Waals surface area contributed by atoms with Crippen LogP contribution in [0, 0.1) is 11.3 Å². The number of nitrogens with zero attached hydrogens (tertiary/aromatic N) is 1. The number of carbonyl (C=O) groups excluding carboxylic acids is 1. The van der Waals surface area contributed by atoms with Gasteiger partial charge < -0.3 is 4.90 Å². The molecule has 1 unspecified atom stereocenters. The van der Waals surface area contributed by atoms with Crippen LogP contribution >= 0.6 is 11.6 Å². The molecule has 0 aromatic heterocycles. The third kappa shape index (κ3) is 4.07. The number of benzene rings is 1. The summed E-state index contributed by atoms with van der Waals surface area (Å²) in [5, 5.41) is 0.629. The van der Waals surface area contributed by atoms with Gasteiger partial charge in [0.25, 0.3) is 0 Å². The monoisotopic (exact) mass is 293 g/mol. The summed E-state index contributed by atoms with van der Waals surface area (Å²) in [7, 11) is 0. The topological polar surface area (TPSA) is 20.3 Å². The SMILES string of the molecule is CC(C)(C)C1CCN(CCC(=O)c2cccc(Cl)c2)C1. The van der Waals surface area contributed by atoms with Gasteiger partial charge in [-0.15, -0.1) is 0 Å². The van der Waals surface area contributed by atoms with Crippen molar-refractivity contribution in [2.24, 2.45) is 11.3 Å². The predicted molar refractivity (Wildman–Crippen MR) is 84.4 cm³/mol. The lowest BCUT2D eigenvalue weighted by atomic mass is 9.80. The highest BCUT2D eigenvalue weighted by molar-refractivity contribution is 6.31. The van der Waals surface area contributed by atoms with E-state index in [4.69, 9.17) is 11.6 Å². The minimum absolute atomic E-state index is 0.187. The van der Waals surface area contributed by atoms with Gasteiger partial charge in [-0.2, -0.15) is 0 Å². The van der Waals surface area contributed by atoms with Crippen LogP contribution in [0.2, 0.25) is 5.02 Å². The van der Waals surface area contributed by atoms with Gasteiger partial charge >= 0.3 is 0 Å². The molecule has 0 radical (unpaired) electrons. The maximum Gasteiger partial charge on any atom is 0.164 e. The molecule has 3 heteroatoms. The van der Waals surface area contributed by atoms with Crippen molar-refractivity contribution in [1.82, 2.24) is 4.90 Å². The molecule has 0 amide bonds. The van der Waals surface area contributed by atoms with E-state index in [0.717, 1.165) is 31.1 Å². The van der Waals surface area contributed by atoms with Crippen molar-refractivity contribution in [3.05, 3.63) is 34.9 Å². The van der Waals surface area contributed by atoms with E-state index in [-0.39, 0.29) is 5.78 Å². The summed E-state index contributed by atoms with van der Waals surface area (Å²) in [5.41, 5.74) is 1.09. The summed E-state index contributed by atoms with van der Waals surface area (Å²) >= 11 is 5.92. The lowest BCUT2D eigenvalue weighted by Gasteiger charge is -2.27. The fraction of sp³-hybridized carbons (Fsp3) is 0.588. The van der Waals surface area contributed by atoms with Crippen molar-refractivity contribution in [2.45, 2.75) is 33.6 Å². The largest absolute Gasteiger partial charge is 0.303 e. The summed E-state index contributed by atoms with van der Waals surface area (Å²) < 4.78 is 0. The number of ketones is 1. The first-order valence-electron chi connectivity index (χ1n) is 7.37. The van der Waals surface area contributed by atoms with E-state index in [0.29, 0.717) is 16.9 Å². The van der Waals surface area contributed by atoms with E-state index in [1.807, 2.05) is 12.1 Å². The highest BCUT2D eigenvalue weighted by Gasteiger charge is 2.31. The number of carbonyl (C=O) groups is 1. The quantitative estimate of drug-likeness (QED) is 0.772. The Hall–Kier alpha value is -0.860. The van der Waals surface area contributed by atoms with Crippen molar-refractivity contribution in [1.29, 1.82) is 0 Å². The van der Waals surface area contributed by atoms with E-state index < -0.39 is 0 Å². The first-order valence-corrected chi connectivity index (χ1v) is 7.75. The molecule has 0 spiro atoms. The second-order valence-electron chi connectivity index (χ2n) is 6.84. The zero-order chi connectivity index (χ0) is 14.8. The second kappa shape index (κ2) is 6.28. The van der Waals surface area contributed by atoms with Crippen molar-refractivity contribution < 1.29 is 4.79 Å². The Morgan fingerprint density at radius 3 is 2.75 bits per heavy atom. The molecule has 1 aromatic rings. The molecule has 1 atom stereocenters. The molecule has 0 aliphatic carbocycles. The Bertz CT molecular complexity index is 478. The van der Waals surface area contributed by atoms with Gasteiger partial charge in [-0.05, 0) is 36.4 Å². The second-order valence-corrected chi connectivity index (χ2v) is 7.27. The molecule has 1 aliphatic rings. The third-order valence-electron chi connectivity index (χ3n) is 4.30. The lowest BCUT2D eigenvalue weighted by Crippen LogP contribution is -2.27. The zero-order valence-corrected chi connectivity index (χ0v) is 13.4. The van der Waals surface area contributed by atoms with Crippen molar-refractivity contribution in [3.8, 4) is 0 Å². The zero-order valence-electron chi connectivity index (χ0n) is 12.7. The first kappa shape index (κ1) is 15.5. The molecule has 2 rings (SSSR count). The average molecular weight is 294 g/mol. The predicted octanol–water partition coefficient (Wildman–Crippen LogP) is 4.28. The summed E-state index contributed by atoms with van der Waals surface area (Å²) in [5.74, 6) is 0.926. The molecule has 0 saturated carbocycles. The standard InChI is InChI=1S/C17H24ClNO/c1-17(2,3)14-7-9-19(12-14)10-8-16(20)13-5-4-6-15(18)11-13/h4-6,11,14H,7-10,12H2,1-3H3. The summed E-state index contributed by atoms with van der Waals surface area (Å²) in [6.07, 6.45) is 1.83. The van der Waals surface area contributed by atoms with Crippen LogP contribution in [0.5, 0.6) is 0 Å². The molecular weight excluding hydrogens is 270 g/mol. The van der Waals surface area contributed by atoms with E-state index in [1.165, 1.54) is 6.42 Å². The van der Waals surface area contributed by atoms with E-state index in [9.17, 15) is 4.79 Å². The van der Waals surface area contributed by atoms with Gasteiger partial charge in [-0.3, -0.25) is 4.79 Å². The minimum atomic E-state index is 0.187. The Morgan fingerprint density at radius 2 is 2.15 bits per heavy atom. The van der Waals surface area contributed by atoms with E-state index in [2.05, 4.69) is 25.7 Å². The third-order valence-corrected chi connectivity index (χ3v) is 4.53. The van der Waals surface area contributed by atoms with E-state index >= 15 is 0 Å². The number of rotatable bonds is 4. The van der Waals surface area contributed by atoms with Crippen molar-refractivity contribution >= 4 is 17.4 Å². The van der Waals surface area contributed by atoms with Crippen LogP contribution in [-0.4, -0.2) is 30.3 Å². The number of hydrogen-bond acceptors (Lipinski definition) is 2. The number of hydrogen-bond donors (Lipinski definition) is 0. The summed E-state index contributed by atoms with van der Waals surface area (Å²) in [6, 6.07) is 7.23. The van der Waals surface area contributed by atoms with Gasteiger partial charge in [0.1, 0.15) is 0 Å². The Morgan fingerprint density at radius 1 is 1.40 bits per heavy atom. The molecule has 1 saturated heterocycles. The summed E-state index contributed by atoms with van der Waals surface area (Å²) in [6.45, 7) is 10.0. The highest BCUT2D eigenvalue weighted by Crippen LogP contribution is 2.33. The van der Waals surface area contributed by atoms with Gasteiger partial charge in [0.05, 0.1) is 0 Å². The fourth-order valence-electron chi connectivity index (χ4n) is 2.81. The lowest BCUT2D eigenvalue weighted by molar-refractivity contribution is 0.0967. The smallest absolute Gasteiger partial charge is 0.164 e. The van der Waals surface area contributed by atoms with Crippen LogP contribution in [0.3, 0.4) is 0 Å². The van der Waals surface area contributed by atoms with Gasteiger partial charge in [-0.1, -0.05) is 44.5 Å². The van der Waals surface area contributed by atoms with Crippen molar-refractivity contribution in [2.75, 3.05) is 19.6 Å². The maximum absolute atomic E-state index is 12.1. The molecular formula is C17H24ClNO. The maximum atomic E-state index is 12.1.